The third-order valence-corrected chi connectivity index (χ3v) is 5.60. The summed E-state index contributed by atoms with van der Waals surface area (Å²) in [5.41, 5.74) is 8.21. The number of fused-ring (bicyclic) bond motifs is 1. The molecule has 1 aliphatic rings. The van der Waals surface area contributed by atoms with Gasteiger partial charge in [-0.2, -0.15) is 0 Å². The lowest BCUT2D eigenvalue weighted by Crippen LogP contribution is -2.31. The largest absolute Gasteiger partial charge is 0.358 e. The summed E-state index contributed by atoms with van der Waals surface area (Å²) in [6.07, 6.45) is 2.65. The molecule has 0 bridgehead atoms. The Bertz CT molecular complexity index is 1210. The minimum Gasteiger partial charge on any atom is -0.358 e. The minimum atomic E-state index is -0.00580. The third kappa shape index (κ3) is 4.27. The molecule has 0 saturated carbocycles. The van der Waals surface area contributed by atoms with Crippen LogP contribution in [0.25, 0.3) is 22.5 Å². The first kappa shape index (κ1) is 19.3. The highest BCUT2D eigenvalue weighted by Crippen LogP contribution is 2.27. The highest BCUT2D eigenvalue weighted by Gasteiger charge is 2.20. The molecule has 0 aliphatic carbocycles. The van der Waals surface area contributed by atoms with Gasteiger partial charge in [0.15, 0.2) is 0 Å². The van der Waals surface area contributed by atoms with E-state index in [4.69, 9.17) is 0 Å². The van der Waals surface area contributed by atoms with Crippen molar-refractivity contribution >= 4 is 5.91 Å². The first-order valence-electron chi connectivity index (χ1n) is 10.6. The zero-order valence-corrected chi connectivity index (χ0v) is 17.2. The predicted molar refractivity (Wildman–Crippen MR) is 122 cm³/mol. The quantitative estimate of drug-likeness (QED) is 0.445. The Hall–Kier alpha value is -3.70. The average Bonchev–Trinajstić information content (AvgIpc) is 3.26. The van der Waals surface area contributed by atoms with E-state index < -0.39 is 0 Å². The first-order chi connectivity index (χ1) is 15.3. The molecule has 0 spiro atoms. The standard InChI is InChI=1S/C26H24N4O/c31-26-22-15-25(30-23(22)10-12-29-26)21-9-11-28-24(14-21)20-8-4-7-19(13-20)17-27-16-18-5-2-1-3-6-18/h1-9,11,13-15,27,30H,10,12,16-17H2,(H,29,31). The van der Waals surface area contributed by atoms with Crippen LogP contribution in [0.3, 0.4) is 0 Å². The number of hydrogen-bond donors (Lipinski definition) is 3. The van der Waals surface area contributed by atoms with Crippen LogP contribution >= 0.6 is 0 Å². The molecule has 2 aromatic carbocycles. The van der Waals surface area contributed by atoms with Gasteiger partial charge in [-0.05, 0) is 35.4 Å². The van der Waals surface area contributed by atoms with Crippen LogP contribution in [0.15, 0.2) is 79.0 Å². The van der Waals surface area contributed by atoms with E-state index in [9.17, 15) is 4.79 Å². The molecule has 0 atom stereocenters. The Morgan fingerprint density at radius 1 is 0.871 bits per heavy atom. The molecule has 0 saturated heterocycles. The Balaban J connectivity index is 1.34. The number of pyridine rings is 1. The van der Waals surface area contributed by atoms with E-state index in [1.165, 1.54) is 11.1 Å². The first-order valence-corrected chi connectivity index (χ1v) is 10.6. The van der Waals surface area contributed by atoms with E-state index in [2.05, 4.69) is 75.2 Å². The number of hydrogen-bond acceptors (Lipinski definition) is 3. The highest BCUT2D eigenvalue weighted by molar-refractivity contribution is 5.97. The number of aromatic nitrogens is 2. The second kappa shape index (κ2) is 8.58. The molecule has 0 radical (unpaired) electrons. The molecule has 3 heterocycles. The molecule has 3 N–H and O–H groups in total. The Morgan fingerprint density at radius 3 is 2.58 bits per heavy atom. The number of rotatable bonds is 6. The van der Waals surface area contributed by atoms with E-state index in [1.807, 2.05) is 24.4 Å². The van der Waals surface area contributed by atoms with Crippen molar-refractivity contribution < 1.29 is 4.79 Å². The topological polar surface area (TPSA) is 69.8 Å². The highest BCUT2D eigenvalue weighted by atomic mass is 16.1. The lowest BCUT2D eigenvalue weighted by atomic mass is 10.0. The van der Waals surface area contributed by atoms with Crippen LogP contribution in [0.5, 0.6) is 0 Å². The van der Waals surface area contributed by atoms with Crippen molar-refractivity contribution in [1.29, 1.82) is 0 Å². The van der Waals surface area contributed by atoms with Crippen LogP contribution in [-0.2, 0) is 19.5 Å². The van der Waals surface area contributed by atoms with Crippen LogP contribution < -0.4 is 10.6 Å². The fraction of sp³-hybridized carbons (Fsp3) is 0.154. The molecule has 5 rings (SSSR count). The van der Waals surface area contributed by atoms with E-state index in [0.29, 0.717) is 6.54 Å². The SMILES string of the molecule is O=C1NCCc2[nH]c(-c3ccnc(-c4cccc(CNCc5ccccc5)c4)c3)cc21. The summed E-state index contributed by atoms with van der Waals surface area (Å²) < 4.78 is 0. The lowest BCUT2D eigenvalue weighted by molar-refractivity contribution is 0.0946. The summed E-state index contributed by atoms with van der Waals surface area (Å²) in [7, 11) is 0. The number of benzene rings is 2. The maximum atomic E-state index is 12.1. The van der Waals surface area contributed by atoms with E-state index in [0.717, 1.165) is 53.3 Å². The Labute approximate surface area is 181 Å². The lowest BCUT2D eigenvalue weighted by Gasteiger charge is -2.11. The van der Waals surface area contributed by atoms with Gasteiger partial charge in [0.25, 0.3) is 5.91 Å². The second-order valence-electron chi connectivity index (χ2n) is 7.80. The van der Waals surface area contributed by atoms with Gasteiger partial charge in [0.1, 0.15) is 0 Å². The number of H-pyrrole nitrogens is 1. The molecule has 0 fully saturated rings. The molecule has 5 nitrogen and oxygen atoms in total. The van der Waals surface area contributed by atoms with Crippen LogP contribution in [0.1, 0.15) is 27.2 Å². The van der Waals surface area contributed by atoms with Crippen molar-refractivity contribution in [2.75, 3.05) is 6.54 Å². The average molecular weight is 409 g/mol. The number of aromatic amines is 1. The number of carbonyl (C=O) groups is 1. The zero-order valence-electron chi connectivity index (χ0n) is 17.2. The molecule has 1 aliphatic heterocycles. The van der Waals surface area contributed by atoms with Crippen molar-refractivity contribution in [1.82, 2.24) is 20.6 Å². The van der Waals surface area contributed by atoms with Crippen LogP contribution in [0.2, 0.25) is 0 Å². The molecular formula is C26H24N4O. The summed E-state index contributed by atoms with van der Waals surface area (Å²) in [5, 5.41) is 6.40. The van der Waals surface area contributed by atoms with Gasteiger partial charge < -0.3 is 15.6 Å². The number of amides is 1. The van der Waals surface area contributed by atoms with Gasteiger partial charge in [0.05, 0.1) is 11.3 Å². The fourth-order valence-electron chi connectivity index (χ4n) is 3.99. The van der Waals surface area contributed by atoms with E-state index >= 15 is 0 Å². The predicted octanol–water partition coefficient (Wildman–Crippen LogP) is 4.32. The molecule has 1 amide bonds. The van der Waals surface area contributed by atoms with Crippen LogP contribution in [0, 0.1) is 0 Å². The van der Waals surface area contributed by atoms with Crippen molar-refractivity contribution in [2.45, 2.75) is 19.5 Å². The van der Waals surface area contributed by atoms with Gasteiger partial charge >= 0.3 is 0 Å². The smallest absolute Gasteiger partial charge is 0.253 e. The molecule has 4 aromatic rings. The summed E-state index contributed by atoms with van der Waals surface area (Å²) >= 11 is 0. The maximum absolute atomic E-state index is 12.1. The minimum absolute atomic E-state index is 0.00580. The van der Waals surface area contributed by atoms with Gasteiger partial charge in [-0.15, -0.1) is 0 Å². The number of nitrogens with one attached hydrogen (secondary N) is 3. The van der Waals surface area contributed by atoms with Gasteiger partial charge in [-0.3, -0.25) is 9.78 Å². The summed E-state index contributed by atoms with van der Waals surface area (Å²) in [6, 6.07) is 24.9. The normalized spacial score (nSPS) is 13.0. The summed E-state index contributed by atoms with van der Waals surface area (Å²) in [6.45, 7) is 2.31. The van der Waals surface area contributed by atoms with Crippen molar-refractivity contribution in [3.05, 3.63) is 101 Å². The van der Waals surface area contributed by atoms with Crippen molar-refractivity contribution in [3.8, 4) is 22.5 Å². The molecule has 5 heteroatoms. The van der Waals surface area contributed by atoms with Gasteiger partial charge in [0.2, 0.25) is 0 Å². The molecule has 0 unspecified atom stereocenters. The summed E-state index contributed by atoms with van der Waals surface area (Å²) in [5.74, 6) is -0.00580. The van der Waals surface area contributed by atoms with Gasteiger partial charge in [-0.1, -0.05) is 48.5 Å². The molecule has 154 valence electrons. The second-order valence-corrected chi connectivity index (χ2v) is 7.80. The van der Waals surface area contributed by atoms with Gasteiger partial charge in [-0.25, -0.2) is 0 Å². The molecule has 2 aromatic heterocycles. The van der Waals surface area contributed by atoms with Crippen LogP contribution in [0.4, 0.5) is 0 Å². The van der Waals surface area contributed by atoms with Gasteiger partial charge in [0, 0.05) is 54.8 Å². The Morgan fingerprint density at radius 2 is 1.71 bits per heavy atom. The molecular weight excluding hydrogens is 384 g/mol. The molecule has 31 heavy (non-hydrogen) atoms. The van der Waals surface area contributed by atoms with E-state index in [-0.39, 0.29) is 5.91 Å². The monoisotopic (exact) mass is 408 g/mol. The van der Waals surface area contributed by atoms with E-state index in [1.54, 1.807) is 0 Å². The fourth-order valence-corrected chi connectivity index (χ4v) is 3.99. The summed E-state index contributed by atoms with van der Waals surface area (Å²) in [4.78, 5) is 20.1. The maximum Gasteiger partial charge on any atom is 0.253 e. The van der Waals surface area contributed by atoms with Crippen LogP contribution in [-0.4, -0.2) is 22.4 Å². The Kier molecular flexibility index (Phi) is 5.33. The van der Waals surface area contributed by atoms with Crippen molar-refractivity contribution in [3.63, 3.8) is 0 Å². The third-order valence-electron chi connectivity index (χ3n) is 5.60. The van der Waals surface area contributed by atoms with Crippen molar-refractivity contribution in [2.24, 2.45) is 0 Å². The zero-order chi connectivity index (χ0) is 21.0. The number of nitrogens with zero attached hydrogens (tertiary/aromatic N) is 1. The number of carbonyl (C=O) groups excluding carboxylic acids is 1.